The molecule has 2 heterocycles. The Kier molecular flexibility index (Phi) is 12.5. The predicted molar refractivity (Wildman–Crippen MR) is 124 cm³/mol. The van der Waals surface area contributed by atoms with Gasteiger partial charge >= 0.3 is 0 Å². The van der Waals surface area contributed by atoms with Crippen LogP contribution >= 0.6 is 35.3 Å². The van der Waals surface area contributed by atoms with E-state index >= 15 is 0 Å². The molecule has 1 saturated heterocycles. The number of halogens is 1. The van der Waals surface area contributed by atoms with Crippen molar-refractivity contribution in [2.75, 3.05) is 39.8 Å². The maximum atomic E-state index is 4.58. The third-order valence-electron chi connectivity index (χ3n) is 4.82. The number of piperidine rings is 1. The average Bonchev–Trinajstić information content (AvgIpc) is 2.95. The smallest absolute Gasteiger partial charge is 0.190 e. The Balaban J connectivity index is 0.00000338. The monoisotopic (exact) mass is 493 g/mol. The van der Waals surface area contributed by atoms with Gasteiger partial charge in [-0.1, -0.05) is 12.8 Å². The molecule has 0 amide bonds. The Labute approximate surface area is 180 Å². The topological polar surface area (TPSA) is 52.6 Å². The molecule has 7 heteroatoms. The summed E-state index contributed by atoms with van der Waals surface area (Å²) >= 11 is 1.80. The maximum Gasteiger partial charge on any atom is 0.190 e. The van der Waals surface area contributed by atoms with E-state index in [1.807, 2.05) is 7.05 Å². The van der Waals surface area contributed by atoms with Gasteiger partial charge < -0.3 is 15.5 Å². The normalized spacial score (nSPS) is 15.6. The fourth-order valence-electron chi connectivity index (χ4n) is 3.18. The number of aryl methyl sites for hydroxylation is 2. The molecule has 1 aliphatic rings. The first kappa shape index (κ1) is 23.6. The number of aliphatic imine (C=N–C) groups is 1. The van der Waals surface area contributed by atoms with Gasteiger partial charge in [-0.05, 0) is 59.2 Å². The largest absolute Gasteiger partial charge is 0.356 e. The minimum atomic E-state index is 0. The number of hydrogen-bond acceptors (Lipinski definition) is 4. The van der Waals surface area contributed by atoms with Crippen LogP contribution in [-0.2, 0) is 6.42 Å². The molecule has 5 nitrogen and oxygen atoms in total. The molecule has 0 saturated carbocycles. The molecule has 0 atom stereocenters. The lowest BCUT2D eigenvalue weighted by Crippen LogP contribution is -2.38. The predicted octanol–water partition coefficient (Wildman–Crippen LogP) is 3.74. The number of thiazole rings is 1. The lowest BCUT2D eigenvalue weighted by atomic mass is 10.1. The fraction of sp³-hybridized carbons (Fsp3) is 0.789. The molecule has 2 N–H and O–H groups in total. The molecule has 0 aliphatic carbocycles. The number of nitrogens with one attached hydrogen (secondary N) is 2. The van der Waals surface area contributed by atoms with Crippen molar-refractivity contribution < 1.29 is 0 Å². The number of likely N-dealkylation sites (tertiary alicyclic amines) is 1. The highest BCUT2D eigenvalue weighted by molar-refractivity contribution is 14.0. The van der Waals surface area contributed by atoms with E-state index in [0.29, 0.717) is 0 Å². The first-order valence-corrected chi connectivity index (χ1v) is 10.6. The molecule has 1 aromatic rings. The van der Waals surface area contributed by atoms with E-state index in [9.17, 15) is 0 Å². The third kappa shape index (κ3) is 8.99. The van der Waals surface area contributed by atoms with Crippen LogP contribution in [-0.4, -0.2) is 55.6 Å². The van der Waals surface area contributed by atoms with Crippen LogP contribution in [0.5, 0.6) is 0 Å². The second-order valence-electron chi connectivity index (χ2n) is 6.89. The Morgan fingerprint density at radius 3 is 2.46 bits per heavy atom. The summed E-state index contributed by atoms with van der Waals surface area (Å²) in [5.41, 5.74) is 1.16. The minimum absolute atomic E-state index is 0. The van der Waals surface area contributed by atoms with E-state index < -0.39 is 0 Å². The molecule has 0 bridgehead atoms. The molecule has 26 heavy (non-hydrogen) atoms. The molecular formula is C19H36IN5S. The molecule has 0 unspecified atom stereocenters. The number of hydrogen-bond donors (Lipinski definition) is 2. The van der Waals surface area contributed by atoms with Gasteiger partial charge in [0.25, 0.3) is 0 Å². The van der Waals surface area contributed by atoms with E-state index in [0.717, 1.165) is 31.2 Å². The highest BCUT2D eigenvalue weighted by Gasteiger charge is 2.08. The zero-order chi connectivity index (χ0) is 17.9. The SMILES string of the molecule is CN=C(NCCCCCN1CCCCC1)NCCc1nc(C)c(C)s1.I. The molecule has 1 fully saturated rings. The maximum absolute atomic E-state index is 4.58. The van der Waals surface area contributed by atoms with Crippen LogP contribution in [0.4, 0.5) is 0 Å². The van der Waals surface area contributed by atoms with Gasteiger partial charge in [-0.2, -0.15) is 0 Å². The van der Waals surface area contributed by atoms with E-state index in [4.69, 9.17) is 0 Å². The summed E-state index contributed by atoms with van der Waals surface area (Å²) in [6.45, 7) is 9.99. The number of unbranched alkanes of at least 4 members (excludes halogenated alkanes) is 2. The number of rotatable bonds is 9. The van der Waals surface area contributed by atoms with Gasteiger partial charge in [-0.3, -0.25) is 4.99 Å². The van der Waals surface area contributed by atoms with Gasteiger partial charge in [-0.25, -0.2) is 4.98 Å². The van der Waals surface area contributed by atoms with Crippen LogP contribution in [0.25, 0.3) is 0 Å². The molecule has 2 rings (SSSR count). The molecule has 0 spiro atoms. The molecule has 0 radical (unpaired) electrons. The van der Waals surface area contributed by atoms with Crippen molar-refractivity contribution in [2.45, 2.75) is 58.8 Å². The minimum Gasteiger partial charge on any atom is -0.356 e. The summed E-state index contributed by atoms with van der Waals surface area (Å²) < 4.78 is 0. The van der Waals surface area contributed by atoms with Gasteiger partial charge in [-0.15, -0.1) is 35.3 Å². The molecule has 1 aliphatic heterocycles. The zero-order valence-electron chi connectivity index (χ0n) is 16.6. The van der Waals surface area contributed by atoms with Crippen LogP contribution in [0, 0.1) is 13.8 Å². The summed E-state index contributed by atoms with van der Waals surface area (Å²) in [7, 11) is 1.84. The summed E-state index contributed by atoms with van der Waals surface area (Å²) in [5, 5.41) is 8.01. The lowest BCUT2D eigenvalue weighted by Gasteiger charge is -2.26. The Morgan fingerprint density at radius 1 is 1.08 bits per heavy atom. The number of nitrogens with zero attached hydrogens (tertiary/aromatic N) is 3. The van der Waals surface area contributed by atoms with Crippen molar-refractivity contribution in [2.24, 2.45) is 4.99 Å². The van der Waals surface area contributed by atoms with E-state index in [1.165, 1.54) is 68.0 Å². The Morgan fingerprint density at radius 2 is 1.81 bits per heavy atom. The van der Waals surface area contributed by atoms with E-state index in [2.05, 4.69) is 39.4 Å². The van der Waals surface area contributed by atoms with Crippen molar-refractivity contribution in [3.8, 4) is 0 Å². The van der Waals surface area contributed by atoms with Crippen molar-refractivity contribution in [3.05, 3.63) is 15.6 Å². The third-order valence-corrected chi connectivity index (χ3v) is 5.95. The van der Waals surface area contributed by atoms with Gasteiger partial charge in [0.1, 0.15) is 0 Å². The van der Waals surface area contributed by atoms with Crippen molar-refractivity contribution in [1.29, 1.82) is 0 Å². The lowest BCUT2D eigenvalue weighted by molar-refractivity contribution is 0.224. The van der Waals surface area contributed by atoms with Crippen LogP contribution in [0.3, 0.4) is 0 Å². The van der Waals surface area contributed by atoms with Crippen LogP contribution in [0.2, 0.25) is 0 Å². The quantitative estimate of drug-likeness (QED) is 0.238. The van der Waals surface area contributed by atoms with E-state index in [1.54, 1.807) is 11.3 Å². The van der Waals surface area contributed by atoms with Crippen LogP contribution < -0.4 is 10.6 Å². The van der Waals surface area contributed by atoms with Gasteiger partial charge in [0, 0.05) is 31.4 Å². The fourth-order valence-corrected chi connectivity index (χ4v) is 4.12. The van der Waals surface area contributed by atoms with Gasteiger partial charge in [0.2, 0.25) is 0 Å². The Bertz CT molecular complexity index is 506. The van der Waals surface area contributed by atoms with Crippen molar-refractivity contribution in [3.63, 3.8) is 0 Å². The highest BCUT2D eigenvalue weighted by atomic mass is 127. The summed E-state index contributed by atoms with van der Waals surface area (Å²) in [6, 6.07) is 0. The Hall–Kier alpha value is -0.410. The summed E-state index contributed by atoms with van der Waals surface area (Å²) in [5.74, 6) is 0.904. The van der Waals surface area contributed by atoms with Crippen LogP contribution in [0.15, 0.2) is 4.99 Å². The second-order valence-corrected chi connectivity index (χ2v) is 8.18. The van der Waals surface area contributed by atoms with Gasteiger partial charge in [0.05, 0.1) is 10.7 Å². The molecule has 0 aromatic carbocycles. The standard InChI is InChI=1S/C19H35N5S.HI/c1-16-17(2)25-18(23-16)10-12-22-19(20-3)21-11-6-4-7-13-24-14-8-5-9-15-24;/h4-15H2,1-3H3,(H2,20,21,22);1H. The molecule has 150 valence electrons. The number of guanidine groups is 1. The molecular weight excluding hydrogens is 457 g/mol. The molecule has 1 aromatic heterocycles. The van der Waals surface area contributed by atoms with E-state index in [-0.39, 0.29) is 24.0 Å². The first-order chi connectivity index (χ1) is 12.2. The number of aromatic nitrogens is 1. The van der Waals surface area contributed by atoms with Gasteiger partial charge in [0.15, 0.2) is 5.96 Å². The summed E-state index contributed by atoms with van der Waals surface area (Å²) in [6.07, 6.45) is 8.98. The average molecular weight is 494 g/mol. The van der Waals surface area contributed by atoms with Crippen molar-refractivity contribution in [1.82, 2.24) is 20.5 Å². The van der Waals surface area contributed by atoms with Crippen LogP contribution in [0.1, 0.15) is 54.1 Å². The van der Waals surface area contributed by atoms with Crippen molar-refractivity contribution >= 4 is 41.3 Å². The first-order valence-electron chi connectivity index (χ1n) is 9.79. The zero-order valence-corrected chi connectivity index (χ0v) is 19.8. The summed E-state index contributed by atoms with van der Waals surface area (Å²) in [4.78, 5) is 12.8. The highest BCUT2D eigenvalue weighted by Crippen LogP contribution is 2.16. The second kappa shape index (κ2) is 13.7.